The minimum absolute atomic E-state index is 0.0188. The molecule has 0 atom stereocenters. The molecule has 6 heterocycles. The number of likely N-dealkylation sites (tertiary alicyclic amines) is 1. The van der Waals surface area contributed by atoms with Crippen LogP contribution in [0.25, 0.3) is 28.3 Å². The average molecular weight is 514 g/mol. The van der Waals surface area contributed by atoms with Crippen LogP contribution in [-0.2, 0) is 11.2 Å². The van der Waals surface area contributed by atoms with Gasteiger partial charge in [0.25, 0.3) is 0 Å². The van der Waals surface area contributed by atoms with Crippen molar-refractivity contribution in [2.24, 2.45) is 0 Å². The third-order valence-corrected chi connectivity index (χ3v) is 7.26. The monoisotopic (exact) mass is 513 g/mol. The fourth-order valence-corrected chi connectivity index (χ4v) is 5.19. The predicted octanol–water partition coefficient (Wildman–Crippen LogP) is 3.87. The molecular weight excluding hydrogens is 487 g/mol. The zero-order valence-corrected chi connectivity index (χ0v) is 20.2. The first-order valence-electron chi connectivity index (χ1n) is 12.2. The number of nitrogens with one attached hydrogen (secondary N) is 1. The summed E-state index contributed by atoms with van der Waals surface area (Å²) in [5.41, 5.74) is 2.84. The van der Waals surface area contributed by atoms with Crippen LogP contribution in [0, 0.1) is 0 Å². The minimum atomic E-state index is -4.44. The van der Waals surface area contributed by atoms with Gasteiger partial charge in [-0.15, -0.1) is 0 Å². The largest absolute Gasteiger partial charge is 0.493 e. The Bertz CT molecular complexity index is 1390. The molecular formula is C25H26F3N7O2. The average Bonchev–Trinajstić information content (AvgIpc) is 3.49. The maximum absolute atomic E-state index is 13.7. The van der Waals surface area contributed by atoms with Crippen LogP contribution < -0.4 is 4.74 Å². The van der Waals surface area contributed by atoms with E-state index in [1.54, 1.807) is 24.5 Å². The van der Waals surface area contributed by atoms with Gasteiger partial charge < -0.3 is 9.47 Å². The SMILES string of the molecule is COc1cc(-c2[nH]nc(-c3ccc(C4CCN(C5COC5)CC4)cn3)c2CC(F)(F)F)cn2ncnc12. The molecule has 0 spiro atoms. The molecule has 2 fully saturated rings. The van der Waals surface area contributed by atoms with Gasteiger partial charge in [-0.25, -0.2) is 9.50 Å². The molecule has 0 amide bonds. The summed E-state index contributed by atoms with van der Waals surface area (Å²) in [6, 6.07) is 5.89. The molecule has 2 aliphatic rings. The van der Waals surface area contributed by atoms with Crippen molar-refractivity contribution in [2.45, 2.75) is 37.4 Å². The number of rotatable bonds is 6. The second-order valence-electron chi connectivity index (χ2n) is 9.52. The summed E-state index contributed by atoms with van der Waals surface area (Å²) in [4.78, 5) is 11.1. The highest BCUT2D eigenvalue weighted by atomic mass is 19.4. The van der Waals surface area contributed by atoms with Gasteiger partial charge in [-0.3, -0.25) is 15.0 Å². The number of H-pyrrole nitrogens is 1. The molecule has 194 valence electrons. The molecule has 2 saturated heterocycles. The van der Waals surface area contributed by atoms with Crippen LogP contribution in [0.2, 0.25) is 0 Å². The third-order valence-electron chi connectivity index (χ3n) is 7.26. The molecule has 4 aromatic rings. The smallest absolute Gasteiger partial charge is 0.393 e. The number of hydrogen-bond donors (Lipinski definition) is 1. The molecule has 2 aliphatic heterocycles. The van der Waals surface area contributed by atoms with Gasteiger partial charge in [-0.1, -0.05) is 6.07 Å². The van der Waals surface area contributed by atoms with E-state index >= 15 is 0 Å². The van der Waals surface area contributed by atoms with E-state index in [4.69, 9.17) is 9.47 Å². The zero-order valence-electron chi connectivity index (χ0n) is 20.2. The predicted molar refractivity (Wildman–Crippen MR) is 128 cm³/mol. The maximum Gasteiger partial charge on any atom is 0.393 e. The number of methoxy groups -OCH3 is 1. The lowest BCUT2D eigenvalue weighted by atomic mass is 9.89. The van der Waals surface area contributed by atoms with E-state index < -0.39 is 12.6 Å². The fraction of sp³-hybridized carbons (Fsp3) is 0.440. The van der Waals surface area contributed by atoms with Gasteiger partial charge in [-0.2, -0.15) is 23.4 Å². The Morgan fingerprint density at radius 3 is 2.62 bits per heavy atom. The summed E-state index contributed by atoms with van der Waals surface area (Å²) in [6.45, 7) is 3.65. The number of aromatic nitrogens is 6. The second kappa shape index (κ2) is 9.42. The highest BCUT2D eigenvalue weighted by Gasteiger charge is 2.33. The van der Waals surface area contributed by atoms with Crippen molar-refractivity contribution in [1.29, 1.82) is 0 Å². The van der Waals surface area contributed by atoms with Crippen molar-refractivity contribution < 1.29 is 22.6 Å². The number of pyridine rings is 2. The Labute approximate surface area is 210 Å². The normalized spacial score (nSPS) is 17.8. The van der Waals surface area contributed by atoms with Gasteiger partial charge in [0.2, 0.25) is 0 Å². The van der Waals surface area contributed by atoms with E-state index in [0.717, 1.165) is 44.7 Å². The molecule has 0 unspecified atom stereocenters. The molecule has 4 aromatic heterocycles. The lowest BCUT2D eigenvalue weighted by molar-refractivity contribution is -0.127. The highest BCUT2D eigenvalue weighted by Crippen LogP contribution is 2.37. The van der Waals surface area contributed by atoms with Crippen LogP contribution in [0.3, 0.4) is 0 Å². The van der Waals surface area contributed by atoms with Crippen LogP contribution >= 0.6 is 0 Å². The molecule has 12 heteroatoms. The minimum Gasteiger partial charge on any atom is -0.493 e. The van der Waals surface area contributed by atoms with Crippen molar-refractivity contribution in [1.82, 2.24) is 34.7 Å². The second-order valence-corrected chi connectivity index (χ2v) is 9.52. The molecule has 9 nitrogen and oxygen atoms in total. The van der Waals surface area contributed by atoms with Crippen LogP contribution in [0.4, 0.5) is 13.2 Å². The number of hydrogen-bond acceptors (Lipinski definition) is 7. The van der Waals surface area contributed by atoms with Crippen LogP contribution in [0.5, 0.6) is 5.75 Å². The topological polar surface area (TPSA) is 93.5 Å². The number of nitrogens with zero attached hydrogens (tertiary/aromatic N) is 6. The van der Waals surface area contributed by atoms with Crippen molar-refractivity contribution in [3.63, 3.8) is 0 Å². The maximum atomic E-state index is 13.7. The Morgan fingerprint density at radius 2 is 1.97 bits per heavy atom. The Morgan fingerprint density at radius 1 is 1.16 bits per heavy atom. The summed E-state index contributed by atoms with van der Waals surface area (Å²) in [6.07, 6.45) is 1.19. The van der Waals surface area contributed by atoms with Crippen LogP contribution in [-0.4, -0.2) is 80.3 Å². The Hall–Kier alpha value is -3.51. The van der Waals surface area contributed by atoms with Crippen molar-refractivity contribution in [3.8, 4) is 28.4 Å². The first kappa shape index (κ1) is 23.9. The van der Waals surface area contributed by atoms with Crippen LogP contribution in [0.1, 0.15) is 29.9 Å². The summed E-state index contributed by atoms with van der Waals surface area (Å²) >= 11 is 0. The molecule has 0 radical (unpaired) electrons. The zero-order chi connectivity index (χ0) is 25.6. The highest BCUT2D eigenvalue weighted by molar-refractivity contribution is 5.75. The van der Waals surface area contributed by atoms with Gasteiger partial charge >= 0.3 is 6.18 Å². The summed E-state index contributed by atoms with van der Waals surface area (Å²) in [5.74, 6) is 0.771. The van der Waals surface area contributed by atoms with E-state index in [1.165, 1.54) is 18.0 Å². The molecule has 0 aromatic carbocycles. The number of halogens is 3. The molecule has 37 heavy (non-hydrogen) atoms. The molecule has 6 rings (SSSR count). The first-order valence-corrected chi connectivity index (χ1v) is 12.2. The third kappa shape index (κ3) is 4.66. The van der Waals surface area contributed by atoms with E-state index in [9.17, 15) is 13.2 Å². The quantitative estimate of drug-likeness (QED) is 0.418. The van der Waals surface area contributed by atoms with Crippen molar-refractivity contribution in [2.75, 3.05) is 33.4 Å². The Kier molecular flexibility index (Phi) is 6.07. The first-order chi connectivity index (χ1) is 17.9. The van der Waals surface area contributed by atoms with E-state index in [1.807, 2.05) is 6.07 Å². The van der Waals surface area contributed by atoms with Crippen LogP contribution in [0.15, 0.2) is 36.9 Å². The number of piperidine rings is 1. The summed E-state index contributed by atoms with van der Waals surface area (Å²) < 4.78 is 53.1. The van der Waals surface area contributed by atoms with E-state index in [0.29, 0.717) is 34.6 Å². The number of fused-ring (bicyclic) bond motifs is 1. The standard InChI is InChI=1S/C25H26F3N7O2/c1-36-21-8-17(11-35-24(21)30-14-31-35)22-19(9-25(26,27)28)23(33-32-22)20-3-2-16(10-29-20)15-4-6-34(7-5-15)18-12-37-13-18/h2-3,8,10-11,14-15,18H,4-7,9,12-13H2,1H3,(H,32,33). The van der Waals surface area contributed by atoms with Gasteiger partial charge in [0, 0.05) is 23.5 Å². The number of ether oxygens (including phenoxy) is 2. The number of aromatic amines is 1. The van der Waals surface area contributed by atoms with E-state index in [-0.39, 0.29) is 17.0 Å². The summed E-state index contributed by atoms with van der Waals surface area (Å²) in [5, 5.41) is 11.2. The van der Waals surface area contributed by atoms with Gasteiger partial charge in [0.05, 0.1) is 44.2 Å². The molecule has 1 N–H and O–H groups in total. The van der Waals surface area contributed by atoms with Gasteiger partial charge in [0.15, 0.2) is 11.4 Å². The summed E-state index contributed by atoms with van der Waals surface area (Å²) in [7, 11) is 1.47. The molecule has 0 bridgehead atoms. The number of alkyl halides is 3. The fourth-order valence-electron chi connectivity index (χ4n) is 5.19. The molecule has 0 saturated carbocycles. The van der Waals surface area contributed by atoms with Crippen molar-refractivity contribution in [3.05, 3.63) is 48.0 Å². The lowest BCUT2D eigenvalue weighted by Gasteiger charge is -2.41. The lowest BCUT2D eigenvalue weighted by Crippen LogP contribution is -2.51. The Balaban J connectivity index is 1.30. The van der Waals surface area contributed by atoms with E-state index in [2.05, 4.69) is 30.2 Å². The van der Waals surface area contributed by atoms with Gasteiger partial charge in [-0.05, 0) is 49.5 Å². The van der Waals surface area contributed by atoms with Gasteiger partial charge in [0.1, 0.15) is 12.0 Å². The van der Waals surface area contributed by atoms with Crippen molar-refractivity contribution >= 4 is 5.65 Å². The molecule has 0 aliphatic carbocycles.